The second kappa shape index (κ2) is 7.23. The van der Waals surface area contributed by atoms with E-state index >= 15 is 0 Å². The van der Waals surface area contributed by atoms with Crippen LogP contribution in [0.4, 0.5) is 5.69 Å². The lowest BCUT2D eigenvalue weighted by Crippen LogP contribution is -2.31. The van der Waals surface area contributed by atoms with Crippen LogP contribution in [0.2, 0.25) is 0 Å². The van der Waals surface area contributed by atoms with E-state index in [-0.39, 0.29) is 11.3 Å². The summed E-state index contributed by atoms with van der Waals surface area (Å²) in [5.41, 5.74) is 2.29. The number of aryl methyl sites for hydroxylation is 3. The van der Waals surface area contributed by atoms with Gasteiger partial charge in [-0.25, -0.2) is 4.79 Å². The normalized spacial score (nSPS) is 13.9. The molecule has 142 valence electrons. The molecule has 1 aliphatic rings. The molecule has 0 aromatic heterocycles. The Balaban J connectivity index is 2.21. The third-order valence-corrected chi connectivity index (χ3v) is 4.61. The van der Waals surface area contributed by atoms with Gasteiger partial charge >= 0.3 is 11.9 Å². The molecule has 0 spiro atoms. The van der Waals surface area contributed by atoms with Gasteiger partial charge < -0.3 is 4.74 Å². The summed E-state index contributed by atoms with van der Waals surface area (Å²) < 4.78 is 4.78. The molecule has 2 aromatic carbocycles. The number of methoxy groups -OCH3 is 1. The van der Waals surface area contributed by atoms with Crippen LogP contribution in [0, 0.1) is 20.8 Å². The molecule has 28 heavy (non-hydrogen) atoms. The summed E-state index contributed by atoms with van der Waals surface area (Å²) in [6, 6.07) is 11.8. The summed E-state index contributed by atoms with van der Waals surface area (Å²) in [6.07, 6.45) is 0. The zero-order chi connectivity index (χ0) is 20.6. The van der Waals surface area contributed by atoms with Crippen LogP contribution >= 0.6 is 0 Å². The fraction of sp³-hybridized carbons (Fsp3) is 0.182. The largest absolute Gasteiger partial charge is 0.464 e. The fourth-order valence-corrected chi connectivity index (χ4v) is 3.17. The first-order chi connectivity index (χ1) is 13.3. The van der Waals surface area contributed by atoms with E-state index in [4.69, 9.17) is 4.74 Å². The molecule has 1 heterocycles. The third-order valence-electron chi connectivity index (χ3n) is 4.61. The van der Waals surface area contributed by atoms with E-state index in [2.05, 4.69) is 0 Å². The Hall–Kier alpha value is -3.54. The molecule has 0 saturated carbocycles. The summed E-state index contributed by atoms with van der Waals surface area (Å²) in [5, 5.41) is 0. The summed E-state index contributed by atoms with van der Waals surface area (Å²) >= 11 is 0. The lowest BCUT2D eigenvalue weighted by Gasteiger charge is -2.18. The molecule has 2 aromatic rings. The Morgan fingerprint density at radius 2 is 1.50 bits per heavy atom. The minimum absolute atomic E-state index is 0.258. The Morgan fingerprint density at radius 3 is 2.07 bits per heavy atom. The molecule has 0 saturated heterocycles. The van der Waals surface area contributed by atoms with Gasteiger partial charge in [0.15, 0.2) is 11.5 Å². The number of amides is 1. The standard InChI is InChI=1S/C22H19NO5/c1-12-5-8-15(9-6-12)23-18(22(27)28-4)17(20(25)21(23)26)19(24)16-10-7-13(2)11-14(16)3/h5-11H,1-4H3. The van der Waals surface area contributed by atoms with Gasteiger partial charge in [0.2, 0.25) is 0 Å². The number of carbonyl (C=O) groups excluding carboxylic acids is 4. The van der Waals surface area contributed by atoms with Crippen molar-refractivity contribution >= 4 is 29.1 Å². The second-order valence-corrected chi connectivity index (χ2v) is 6.67. The van der Waals surface area contributed by atoms with E-state index in [0.29, 0.717) is 11.3 Å². The molecule has 6 heteroatoms. The van der Waals surface area contributed by atoms with Crippen molar-refractivity contribution in [3.63, 3.8) is 0 Å². The van der Waals surface area contributed by atoms with Crippen molar-refractivity contribution in [2.75, 3.05) is 12.0 Å². The van der Waals surface area contributed by atoms with Crippen LogP contribution < -0.4 is 4.90 Å². The van der Waals surface area contributed by atoms with Gasteiger partial charge in [0.1, 0.15) is 5.57 Å². The number of hydrogen-bond donors (Lipinski definition) is 0. The van der Waals surface area contributed by atoms with Crippen molar-refractivity contribution in [1.29, 1.82) is 0 Å². The first-order valence-electron chi connectivity index (χ1n) is 8.66. The SMILES string of the molecule is COC(=O)C1=C(C(=O)c2ccc(C)cc2C)C(=O)C(=O)N1c1ccc(C)cc1. The van der Waals surface area contributed by atoms with Crippen molar-refractivity contribution in [2.45, 2.75) is 20.8 Å². The van der Waals surface area contributed by atoms with Crippen molar-refractivity contribution in [2.24, 2.45) is 0 Å². The topological polar surface area (TPSA) is 80.8 Å². The molecule has 0 bridgehead atoms. The molecule has 1 aliphatic heterocycles. The highest BCUT2D eigenvalue weighted by Gasteiger charge is 2.46. The average molecular weight is 377 g/mol. The quantitative estimate of drug-likeness (QED) is 0.354. The number of Topliss-reactive ketones (excluding diaryl/α,β-unsaturated/α-hetero) is 2. The minimum atomic E-state index is -1.02. The van der Waals surface area contributed by atoms with Crippen molar-refractivity contribution in [3.05, 3.63) is 76.0 Å². The lowest BCUT2D eigenvalue weighted by atomic mass is 9.95. The predicted molar refractivity (Wildman–Crippen MR) is 103 cm³/mol. The van der Waals surface area contributed by atoms with Gasteiger partial charge in [-0.2, -0.15) is 0 Å². The maximum absolute atomic E-state index is 13.1. The molecule has 0 aliphatic carbocycles. The van der Waals surface area contributed by atoms with E-state index in [1.54, 1.807) is 49.4 Å². The van der Waals surface area contributed by atoms with Crippen LogP contribution in [0.25, 0.3) is 0 Å². The Labute approximate surface area is 162 Å². The van der Waals surface area contributed by atoms with Crippen molar-refractivity contribution < 1.29 is 23.9 Å². The summed E-state index contributed by atoms with van der Waals surface area (Å²) in [7, 11) is 1.13. The maximum Gasteiger partial charge on any atom is 0.356 e. The van der Waals surface area contributed by atoms with Crippen LogP contribution in [0.3, 0.4) is 0 Å². The highest BCUT2D eigenvalue weighted by atomic mass is 16.5. The second-order valence-electron chi connectivity index (χ2n) is 6.67. The van der Waals surface area contributed by atoms with E-state index in [1.807, 2.05) is 13.8 Å². The third kappa shape index (κ3) is 3.13. The summed E-state index contributed by atoms with van der Waals surface area (Å²) in [4.78, 5) is 51.9. The number of nitrogens with zero attached hydrogens (tertiary/aromatic N) is 1. The van der Waals surface area contributed by atoms with Crippen LogP contribution in [0.1, 0.15) is 27.0 Å². The predicted octanol–water partition coefficient (Wildman–Crippen LogP) is 2.84. The van der Waals surface area contributed by atoms with Gasteiger partial charge in [0, 0.05) is 11.3 Å². The van der Waals surface area contributed by atoms with E-state index in [9.17, 15) is 19.2 Å². The minimum Gasteiger partial charge on any atom is -0.464 e. The first kappa shape index (κ1) is 19.2. The van der Waals surface area contributed by atoms with Crippen LogP contribution in [-0.4, -0.2) is 30.6 Å². The summed E-state index contributed by atoms with van der Waals surface area (Å²) in [6.45, 7) is 5.48. The molecule has 1 amide bonds. The first-order valence-corrected chi connectivity index (χ1v) is 8.66. The van der Waals surface area contributed by atoms with Gasteiger partial charge in [0.25, 0.3) is 5.78 Å². The van der Waals surface area contributed by atoms with Crippen molar-refractivity contribution in [1.82, 2.24) is 0 Å². The van der Waals surface area contributed by atoms with Crippen LogP contribution in [0.15, 0.2) is 53.7 Å². The molecule has 0 radical (unpaired) electrons. The number of anilines is 1. The molecule has 0 N–H and O–H groups in total. The van der Waals surface area contributed by atoms with Gasteiger partial charge in [0.05, 0.1) is 7.11 Å². The van der Waals surface area contributed by atoms with Crippen LogP contribution in [0.5, 0.6) is 0 Å². The highest BCUT2D eigenvalue weighted by molar-refractivity contribution is 6.59. The maximum atomic E-state index is 13.1. The molecule has 0 fully saturated rings. The van der Waals surface area contributed by atoms with Gasteiger partial charge in [-0.1, -0.05) is 41.5 Å². The van der Waals surface area contributed by atoms with E-state index in [1.165, 1.54) is 0 Å². The molecule has 6 nitrogen and oxygen atoms in total. The highest BCUT2D eigenvalue weighted by Crippen LogP contribution is 2.32. The number of esters is 1. The average Bonchev–Trinajstić information content (AvgIpc) is 2.92. The number of rotatable bonds is 4. The molecule has 3 rings (SSSR count). The monoisotopic (exact) mass is 377 g/mol. The zero-order valence-electron chi connectivity index (χ0n) is 16.0. The van der Waals surface area contributed by atoms with Crippen LogP contribution in [-0.2, 0) is 19.1 Å². The molecular weight excluding hydrogens is 358 g/mol. The molecule has 0 unspecified atom stereocenters. The fourth-order valence-electron chi connectivity index (χ4n) is 3.17. The smallest absolute Gasteiger partial charge is 0.356 e. The van der Waals surface area contributed by atoms with Gasteiger partial charge in [-0.15, -0.1) is 0 Å². The Kier molecular flexibility index (Phi) is 4.96. The number of ether oxygens (including phenoxy) is 1. The zero-order valence-corrected chi connectivity index (χ0v) is 16.0. The number of benzene rings is 2. The lowest BCUT2D eigenvalue weighted by molar-refractivity contribution is -0.136. The van der Waals surface area contributed by atoms with Gasteiger partial charge in [-0.05, 0) is 38.5 Å². The van der Waals surface area contributed by atoms with Gasteiger partial charge in [-0.3, -0.25) is 19.3 Å². The molecular formula is C22H19NO5. The number of carbonyl (C=O) groups is 4. The Morgan fingerprint density at radius 1 is 0.893 bits per heavy atom. The molecule has 0 atom stereocenters. The number of hydrogen-bond acceptors (Lipinski definition) is 5. The van der Waals surface area contributed by atoms with E-state index in [0.717, 1.165) is 23.1 Å². The number of ketones is 2. The summed E-state index contributed by atoms with van der Waals surface area (Å²) in [5.74, 6) is -3.58. The van der Waals surface area contributed by atoms with E-state index < -0.39 is 29.0 Å². The van der Waals surface area contributed by atoms with Crippen molar-refractivity contribution in [3.8, 4) is 0 Å². The Bertz CT molecular complexity index is 1050.